The molecule has 0 amide bonds. The molecule has 0 spiro atoms. The number of hydrogen-bond donors (Lipinski definition) is 2. The minimum atomic E-state index is -4.13. The third-order valence-corrected chi connectivity index (χ3v) is 2.91. The predicted molar refractivity (Wildman–Crippen MR) is 66.6 cm³/mol. The van der Waals surface area contributed by atoms with Crippen LogP contribution in [0.15, 0.2) is 4.99 Å². The highest BCUT2D eigenvalue weighted by atomic mass is 19.4. The van der Waals surface area contributed by atoms with Gasteiger partial charge in [-0.2, -0.15) is 13.2 Å². The van der Waals surface area contributed by atoms with Crippen molar-refractivity contribution >= 4 is 5.96 Å². The highest BCUT2D eigenvalue weighted by Crippen LogP contribution is 2.34. The molecular formula is C12H22F3N3. The third kappa shape index (κ3) is 6.12. The first-order valence-corrected chi connectivity index (χ1v) is 6.57. The Morgan fingerprint density at radius 1 is 1.33 bits per heavy atom. The number of guanidine groups is 1. The minimum absolute atomic E-state index is 0.218. The first-order valence-electron chi connectivity index (χ1n) is 6.57. The molecule has 2 atom stereocenters. The second-order valence-electron chi connectivity index (χ2n) is 4.66. The first-order chi connectivity index (χ1) is 8.46. The summed E-state index contributed by atoms with van der Waals surface area (Å²) in [4.78, 5) is 3.95. The molecule has 0 radical (unpaired) electrons. The summed E-state index contributed by atoms with van der Waals surface area (Å²) in [5, 5.41) is 6.16. The molecule has 1 aliphatic rings. The molecule has 1 saturated carbocycles. The van der Waals surface area contributed by atoms with E-state index in [1.165, 1.54) is 6.42 Å². The number of alkyl halides is 3. The monoisotopic (exact) mass is 265 g/mol. The summed E-state index contributed by atoms with van der Waals surface area (Å²) < 4.78 is 36.1. The predicted octanol–water partition coefficient (Wildman–Crippen LogP) is 2.68. The van der Waals surface area contributed by atoms with E-state index in [1.807, 2.05) is 6.92 Å². The van der Waals surface area contributed by atoms with Crippen molar-refractivity contribution in [1.82, 2.24) is 10.6 Å². The molecule has 0 heterocycles. The zero-order valence-electron chi connectivity index (χ0n) is 11.0. The van der Waals surface area contributed by atoms with E-state index in [2.05, 4.69) is 22.5 Å². The quantitative estimate of drug-likeness (QED) is 0.572. The molecule has 0 aliphatic heterocycles. The topological polar surface area (TPSA) is 36.4 Å². The highest BCUT2D eigenvalue weighted by Gasteiger charge is 2.36. The van der Waals surface area contributed by atoms with Gasteiger partial charge >= 0.3 is 6.18 Å². The standard InChI is InChI=1S/C12H22F3N3/c1-3-5-9-8-10(9)18-11(16-4-2)17-7-6-12(13,14)15/h9-10H,3-8H2,1-2H3,(H2,16,17,18). The Balaban J connectivity index is 2.33. The fraction of sp³-hybridized carbons (Fsp3) is 0.917. The smallest absolute Gasteiger partial charge is 0.357 e. The van der Waals surface area contributed by atoms with Gasteiger partial charge in [-0.25, -0.2) is 0 Å². The first kappa shape index (κ1) is 15.1. The molecule has 2 N–H and O–H groups in total. The van der Waals surface area contributed by atoms with Crippen molar-refractivity contribution in [2.75, 3.05) is 13.1 Å². The van der Waals surface area contributed by atoms with Gasteiger partial charge in [0.1, 0.15) is 0 Å². The Bertz CT molecular complexity index is 276. The van der Waals surface area contributed by atoms with Crippen molar-refractivity contribution in [3.8, 4) is 0 Å². The Morgan fingerprint density at radius 3 is 2.61 bits per heavy atom. The van der Waals surface area contributed by atoms with Gasteiger partial charge in [0, 0.05) is 12.6 Å². The molecule has 106 valence electrons. The molecule has 18 heavy (non-hydrogen) atoms. The summed E-state index contributed by atoms with van der Waals surface area (Å²) in [5.74, 6) is 1.16. The number of aliphatic imine (C=N–C) groups is 1. The molecular weight excluding hydrogens is 243 g/mol. The lowest BCUT2D eigenvalue weighted by Gasteiger charge is -2.11. The van der Waals surface area contributed by atoms with Crippen molar-refractivity contribution in [3.63, 3.8) is 0 Å². The maximum Gasteiger partial charge on any atom is 0.390 e. The summed E-state index contributed by atoms with van der Waals surface area (Å²) in [7, 11) is 0. The lowest BCUT2D eigenvalue weighted by atomic mass is 10.2. The Labute approximate surface area is 106 Å². The third-order valence-electron chi connectivity index (χ3n) is 2.91. The van der Waals surface area contributed by atoms with Gasteiger partial charge in [-0.3, -0.25) is 4.99 Å². The van der Waals surface area contributed by atoms with Crippen LogP contribution in [0.3, 0.4) is 0 Å². The van der Waals surface area contributed by atoms with Crippen LogP contribution in [0.4, 0.5) is 13.2 Å². The molecule has 0 aromatic heterocycles. The van der Waals surface area contributed by atoms with Gasteiger partial charge in [-0.05, 0) is 25.7 Å². The summed E-state index contributed by atoms with van der Waals surface area (Å²) in [5.41, 5.74) is 0. The van der Waals surface area contributed by atoms with Crippen LogP contribution in [0, 0.1) is 5.92 Å². The Kier molecular flexibility index (Phi) is 5.75. The van der Waals surface area contributed by atoms with Gasteiger partial charge in [0.05, 0.1) is 13.0 Å². The molecule has 0 aromatic carbocycles. The molecule has 1 fully saturated rings. The zero-order chi connectivity index (χ0) is 13.6. The van der Waals surface area contributed by atoms with Gasteiger partial charge < -0.3 is 10.6 Å². The summed E-state index contributed by atoms with van der Waals surface area (Å²) in [6.07, 6.45) is -1.60. The fourth-order valence-corrected chi connectivity index (χ4v) is 1.90. The number of halogens is 3. The number of rotatable bonds is 6. The van der Waals surface area contributed by atoms with E-state index in [0.29, 0.717) is 24.5 Å². The van der Waals surface area contributed by atoms with Gasteiger partial charge in [0.2, 0.25) is 0 Å². The van der Waals surface area contributed by atoms with Crippen LogP contribution in [0.2, 0.25) is 0 Å². The van der Waals surface area contributed by atoms with Crippen molar-refractivity contribution in [1.29, 1.82) is 0 Å². The number of nitrogens with one attached hydrogen (secondary N) is 2. The molecule has 0 bridgehead atoms. The second kappa shape index (κ2) is 6.85. The molecule has 2 unspecified atom stereocenters. The van der Waals surface area contributed by atoms with Crippen LogP contribution in [0.1, 0.15) is 39.5 Å². The van der Waals surface area contributed by atoms with E-state index in [9.17, 15) is 13.2 Å². The van der Waals surface area contributed by atoms with Gasteiger partial charge in [0.25, 0.3) is 0 Å². The Morgan fingerprint density at radius 2 is 2.06 bits per heavy atom. The van der Waals surface area contributed by atoms with Crippen LogP contribution >= 0.6 is 0 Å². The largest absolute Gasteiger partial charge is 0.390 e. The second-order valence-corrected chi connectivity index (χ2v) is 4.66. The Hall–Kier alpha value is -0.940. The van der Waals surface area contributed by atoms with Crippen LogP contribution in [-0.2, 0) is 0 Å². The van der Waals surface area contributed by atoms with Crippen molar-refractivity contribution in [2.24, 2.45) is 10.9 Å². The lowest BCUT2D eigenvalue weighted by molar-refractivity contribution is -0.132. The van der Waals surface area contributed by atoms with E-state index in [1.54, 1.807) is 0 Å². The maximum absolute atomic E-state index is 12.0. The highest BCUT2D eigenvalue weighted by molar-refractivity contribution is 5.80. The van der Waals surface area contributed by atoms with E-state index < -0.39 is 12.6 Å². The zero-order valence-corrected chi connectivity index (χ0v) is 11.0. The van der Waals surface area contributed by atoms with E-state index in [4.69, 9.17) is 0 Å². The van der Waals surface area contributed by atoms with Crippen LogP contribution in [0.25, 0.3) is 0 Å². The van der Waals surface area contributed by atoms with Crippen LogP contribution < -0.4 is 10.6 Å². The summed E-state index contributed by atoms with van der Waals surface area (Å²) >= 11 is 0. The average molecular weight is 265 g/mol. The van der Waals surface area contributed by atoms with E-state index in [0.717, 1.165) is 12.8 Å². The fourth-order valence-electron chi connectivity index (χ4n) is 1.90. The average Bonchev–Trinajstić information content (AvgIpc) is 2.95. The molecule has 6 heteroatoms. The van der Waals surface area contributed by atoms with Gasteiger partial charge in [0.15, 0.2) is 5.96 Å². The molecule has 0 aromatic rings. The van der Waals surface area contributed by atoms with Crippen molar-refractivity contribution in [3.05, 3.63) is 0 Å². The van der Waals surface area contributed by atoms with Gasteiger partial charge in [-0.15, -0.1) is 0 Å². The molecule has 3 nitrogen and oxygen atoms in total. The van der Waals surface area contributed by atoms with Crippen LogP contribution in [0.5, 0.6) is 0 Å². The van der Waals surface area contributed by atoms with E-state index in [-0.39, 0.29) is 6.54 Å². The normalized spacial score (nSPS) is 23.9. The number of hydrogen-bond acceptors (Lipinski definition) is 1. The van der Waals surface area contributed by atoms with Gasteiger partial charge in [-0.1, -0.05) is 13.3 Å². The van der Waals surface area contributed by atoms with E-state index >= 15 is 0 Å². The van der Waals surface area contributed by atoms with Crippen molar-refractivity contribution in [2.45, 2.75) is 51.7 Å². The SMILES string of the molecule is CCCC1CC1NC(=NCCC(F)(F)F)NCC. The maximum atomic E-state index is 12.0. The lowest BCUT2D eigenvalue weighted by Crippen LogP contribution is -2.39. The molecule has 1 aliphatic carbocycles. The molecule has 1 rings (SSSR count). The van der Waals surface area contributed by atoms with Crippen molar-refractivity contribution < 1.29 is 13.2 Å². The van der Waals surface area contributed by atoms with Crippen LogP contribution in [-0.4, -0.2) is 31.3 Å². The molecule has 0 saturated heterocycles. The summed E-state index contributed by atoms with van der Waals surface area (Å²) in [6.45, 7) is 4.47. The summed E-state index contributed by atoms with van der Waals surface area (Å²) in [6, 6.07) is 0.383. The number of nitrogens with zero attached hydrogens (tertiary/aromatic N) is 1. The minimum Gasteiger partial charge on any atom is -0.357 e.